The van der Waals surface area contributed by atoms with Crippen molar-refractivity contribution in [2.45, 2.75) is 32.4 Å². The van der Waals surface area contributed by atoms with E-state index in [1.807, 2.05) is 23.9 Å². The van der Waals surface area contributed by atoms with Gasteiger partial charge in [0.2, 0.25) is 0 Å². The van der Waals surface area contributed by atoms with Gasteiger partial charge < -0.3 is 9.88 Å². The van der Waals surface area contributed by atoms with Crippen LogP contribution in [0.5, 0.6) is 0 Å². The Kier molecular flexibility index (Phi) is 5.13. The predicted molar refractivity (Wildman–Crippen MR) is 81.4 cm³/mol. The lowest BCUT2D eigenvalue weighted by molar-refractivity contribution is 0.540. The van der Waals surface area contributed by atoms with Crippen molar-refractivity contribution < 1.29 is 4.39 Å². The first-order chi connectivity index (χ1) is 10.2. The number of nitrogens with one attached hydrogen (secondary N) is 1. The van der Waals surface area contributed by atoms with Crippen LogP contribution >= 0.6 is 0 Å². The van der Waals surface area contributed by atoms with Gasteiger partial charge in [0.05, 0.1) is 11.6 Å². The molecule has 0 aliphatic heterocycles. The van der Waals surface area contributed by atoms with Crippen molar-refractivity contribution in [2.24, 2.45) is 0 Å². The van der Waals surface area contributed by atoms with Crippen LogP contribution in [0.1, 0.15) is 42.5 Å². The molecule has 3 nitrogen and oxygen atoms in total. The molecule has 0 aliphatic carbocycles. The van der Waals surface area contributed by atoms with Crippen LogP contribution in [-0.2, 0) is 6.54 Å². The van der Waals surface area contributed by atoms with Crippen LogP contribution in [0.4, 0.5) is 4.39 Å². The van der Waals surface area contributed by atoms with E-state index in [2.05, 4.69) is 24.5 Å². The Morgan fingerprint density at radius 3 is 2.86 bits per heavy atom. The second-order valence-corrected chi connectivity index (χ2v) is 5.21. The van der Waals surface area contributed by atoms with E-state index in [0.29, 0.717) is 18.2 Å². The Labute approximate surface area is 125 Å². The third kappa shape index (κ3) is 3.93. The molecule has 0 bridgehead atoms. The van der Waals surface area contributed by atoms with Gasteiger partial charge in [-0.05, 0) is 48.9 Å². The summed E-state index contributed by atoms with van der Waals surface area (Å²) in [6.07, 6.45) is 6.27. The molecule has 1 aromatic carbocycles. The van der Waals surface area contributed by atoms with E-state index >= 15 is 0 Å². The summed E-state index contributed by atoms with van der Waals surface area (Å²) >= 11 is 0. The van der Waals surface area contributed by atoms with Crippen molar-refractivity contribution in [3.8, 4) is 6.07 Å². The number of halogens is 1. The lowest BCUT2D eigenvalue weighted by Gasteiger charge is -2.13. The van der Waals surface area contributed by atoms with Gasteiger partial charge in [-0.2, -0.15) is 5.26 Å². The van der Waals surface area contributed by atoms with Crippen molar-refractivity contribution in [3.05, 3.63) is 59.2 Å². The predicted octanol–water partition coefficient (Wildman–Crippen LogP) is 3.61. The largest absolute Gasteiger partial charge is 0.350 e. The number of nitrogens with zero attached hydrogens (tertiary/aromatic N) is 2. The van der Waals surface area contributed by atoms with E-state index < -0.39 is 0 Å². The van der Waals surface area contributed by atoms with Gasteiger partial charge in [0.25, 0.3) is 0 Å². The Hall–Kier alpha value is -2.12. The molecule has 1 N–H and O–H groups in total. The summed E-state index contributed by atoms with van der Waals surface area (Å²) in [7, 11) is 1.96. The molecule has 1 heterocycles. The van der Waals surface area contributed by atoms with Crippen molar-refractivity contribution >= 4 is 0 Å². The maximum Gasteiger partial charge on any atom is 0.124 e. The summed E-state index contributed by atoms with van der Waals surface area (Å²) in [6.45, 7) is 2.73. The van der Waals surface area contributed by atoms with E-state index in [1.165, 1.54) is 17.7 Å². The maximum absolute atomic E-state index is 13.4. The zero-order chi connectivity index (χ0) is 15.2. The first kappa shape index (κ1) is 15.3. The topological polar surface area (TPSA) is 40.8 Å². The van der Waals surface area contributed by atoms with E-state index in [9.17, 15) is 4.39 Å². The Morgan fingerprint density at radius 1 is 1.38 bits per heavy atom. The number of aromatic nitrogens is 1. The lowest BCUT2D eigenvalue weighted by atomic mass is 10.1. The van der Waals surface area contributed by atoms with Crippen LogP contribution in [-0.4, -0.2) is 11.6 Å². The molecule has 0 saturated heterocycles. The molecule has 0 aliphatic rings. The zero-order valence-corrected chi connectivity index (χ0v) is 12.4. The molecule has 0 amide bonds. The SMILES string of the molecule is CCCC(NC)c1ccn(Cc2cc(F)cc(C#N)c2)c1. The molecular formula is C17H20FN3. The summed E-state index contributed by atoms with van der Waals surface area (Å²) < 4.78 is 15.5. The average Bonchev–Trinajstić information content (AvgIpc) is 2.92. The van der Waals surface area contributed by atoms with Crippen molar-refractivity contribution in [1.29, 1.82) is 5.26 Å². The minimum absolute atomic E-state index is 0.346. The summed E-state index contributed by atoms with van der Waals surface area (Å²) in [5.41, 5.74) is 2.39. The molecule has 2 rings (SSSR count). The first-order valence-corrected chi connectivity index (χ1v) is 7.18. The standard InChI is InChI=1S/C17H20FN3/c1-3-4-17(20-2)15-5-6-21(12-15)11-14-7-13(10-19)8-16(18)9-14/h5-9,12,17,20H,3-4,11H2,1-2H3. The minimum Gasteiger partial charge on any atom is -0.350 e. The molecule has 0 spiro atoms. The quantitative estimate of drug-likeness (QED) is 0.881. The molecule has 0 saturated carbocycles. The lowest BCUT2D eigenvalue weighted by Crippen LogP contribution is -2.15. The maximum atomic E-state index is 13.4. The summed E-state index contributed by atoms with van der Waals surface area (Å²) in [5.74, 6) is -0.365. The fourth-order valence-corrected chi connectivity index (χ4v) is 2.55. The second kappa shape index (κ2) is 7.05. The highest BCUT2D eigenvalue weighted by molar-refractivity contribution is 5.34. The van der Waals surface area contributed by atoms with Gasteiger partial charge in [-0.25, -0.2) is 4.39 Å². The smallest absolute Gasteiger partial charge is 0.124 e. The highest BCUT2D eigenvalue weighted by Crippen LogP contribution is 2.19. The van der Waals surface area contributed by atoms with Crippen LogP contribution in [0.2, 0.25) is 0 Å². The molecule has 4 heteroatoms. The van der Waals surface area contributed by atoms with Crippen molar-refractivity contribution in [3.63, 3.8) is 0 Å². The van der Waals surface area contributed by atoms with Gasteiger partial charge >= 0.3 is 0 Å². The molecule has 1 aromatic heterocycles. The second-order valence-electron chi connectivity index (χ2n) is 5.21. The summed E-state index contributed by atoms with van der Waals surface area (Å²) in [4.78, 5) is 0. The Morgan fingerprint density at radius 2 is 2.19 bits per heavy atom. The van der Waals surface area contributed by atoms with Gasteiger partial charge in [0.1, 0.15) is 5.82 Å². The first-order valence-electron chi connectivity index (χ1n) is 7.18. The van der Waals surface area contributed by atoms with Crippen LogP contribution in [0.3, 0.4) is 0 Å². The summed E-state index contributed by atoms with van der Waals surface area (Å²) in [5, 5.41) is 12.2. The van der Waals surface area contributed by atoms with Crippen LogP contribution in [0.15, 0.2) is 36.7 Å². The van der Waals surface area contributed by atoms with Gasteiger partial charge in [-0.15, -0.1) is 0 Å². The molecule has 1 unspecified atom stereocenters. The zero-order valence-electron chi connectivity index (χ0n) is 12.4. The third-order valence-corrected chi connectivity index (χ3v) is 3.55. The van der Waals surface area contributed by atoms with E-state index in [-0.39, 0.29) is 5.82 Å². The molecule has 0 fully saturated rings. The molecular weight excluding hydrogens is 265 g/mol. The Balaban J connectivity index is 2.16. The van der Waals surface area contributed by atoms with Crippen LogP contribution in [0.25, 0.3) is 0 Å². The normalized spacial score (nSPS) is 12.1. The number of benzene rings is 1. The third-order valence-electron chi connectivity index (χ3n) is 3.55. The number of hydrogen-bond acceptors (Lipinski definition) is 2. The van der Waals surface area contributed by atoms with Gasteiger partial charge in [-0.3, -0.25) is 0 Å². The minimum atomic E-state index is -0.365. The molecule has 0 radical (unpaired) electrons. The average molecular weight is 285 g/mol. The van der Waals surface area contributed by atoms with Gasteiger partial charge in [0.15, 0.2) is 0 Å². The number of nitriles is 1. The van der Waals surface area contributed by atoms with Crippen LogP contribution in [0, 0.1) is 17.1 Å². The van der Waals surface area contributed by atoms with Crippen LogP contribution < -0.4 is 5.32 Å². The van der Waals surface area contributed by atoms with Gasteiger partial charge in [0, 0.05) is 25.0 Å². The monoisotopic (exact) mass is 285 g/mol. The van der Waals surface area contributed by atoms with Gasteiger partial charge in [-0.1, -0.05) is 13.3 Å². The molecule has 21 heavy (non-hydrogen) atoms. The fraction of sp³-hybridized carbons (Fsp3) is 0.353. The fourth-order valence-electron chi connectivity index (χ4n) is 2.55. The number of rotatable bonds is 6. The van der Waals surface area contributed by atoms with E-state index in [0.717, 1.165) is 18.4 Å². The molecule has 110 valence electrons. The molecule has 1 atom stereocenters. The van der Waals surface area contributed by atoms with Crippen molar-refractivity contribution in [2.75, 3.05) is 7.05 Å². The van der Waals surface area contributed by atoms with Crippen molar-refractivity contribution in [1.82, 2.24) is 9.88 Å². The highest BCUT2D eigenvalue weighted by atomic mass is 19.1. The highest BCUT2D eigenvalue weighted by Gasteiger charge is 2.09. The summed E-state index contributed by atoms with van der Waals surface area (Å²) in [6, 6.07) is 8.87. The Bertz CT molecular complexity index is 640. The molecule has 2 aromatic rings. The van der Waals surface area contributed by atoms with E-state index in [4.69, 9.17) is 5.26 Å². The number of hydrogen-bond donors (Lipinski definition) is 1. The van der Waals surface area contributed by atoms with E-state index in [1.54, 1.807) is 6.07 Å².